The third kappa shape index (κ3) is 3.96. The van der Waals surface area contributed by atoms with E-state index in [1.54, 1.807) is 0 Å². The van der Waals surface area contributed by atoms with Crippen molar-refractivity contribution in [3.05, 3.63) is 6.33 Å². The van der Waals surface area contributed by atoms with E-state index in [1.807, 2.05) is 6.26 Å². The Hall–Kier alpha value is -2.06. The Morgan fingerprint density at radius 1 is 1.44 bits per heavy atom. The van der Waals surface area contributed by atoms with Crippen molar-refractivity contribution in [2.75, 3.05) is 23.5 Å². The monoisotopic (exact) mass is 399 g/mol. The van der Waals surface area contributed by atoms with Crippen LogP contribution in [0.15, 0.2) is 6.33 Å². The fourth-order valence-electron chi connectivity index (χ4n) is 2.83. The summed E-state index contributed by atoms with van der Waals surface area (Å²) >= 11 is 0. The molecule has 0 radical (unpaired) electrons. The van der Waals surface area contributed by atoms with Crippen molar-refractivity contribution >= 4 is 33.8 Å². The Morgan fingerprint density at radius 3 is 2.89 bits per heavy atom. The highest BCUT2D eigenvalue weighted by molar-refractivity contribution is 7.96. The summed E-state index contributed by atoms with van der Waals surface area (Å²) in [5.41, 5.74) is 11.7. The summed E-state index contributed by atoms with van der Waals surface area (Å²) < 4.78 is 7.07. The maximum absolute atomic E-state index is 10.7. The fraction of sp³-hybridized carbons (Fsp3) is 0.643. The number of aliphatic carboxylic acids is 1. The number of fused-ring (bicyclic) bond motifs is 1. The van der Waals surface area contributed by atoms with Gasteiger partial charge < -0.3 is 36.3 Å². The number of hydrogen-bond donors (Lipinski definition) is 4. The van der Waals surface area contributed by atoms with Gasteiger partial charge in [-0.25, -0.2) is 9.97 Å². The number of anilines is 1. The van der Waals surface area contributed by atoms with Gasteiger partial charge in [-0.3, -0.25) is 0 Å². The molecule has 2 aromatic rings. The number of carbonyl (C=O) groups is 1. The number of rotatable bonds is 7. The van der Waals surface area contributed by atoms with Gasteiger partial charge in [-0.15, -0.1) is 5.10 Å². The van der Waals surface area contributed by atoms with Gasteiger partial charge in [-0.1, -0.05) is 5.21 Å². The molecule has 27 heavy (non-hydrogen) atoms. The number of aliphatic hydroxyl groups is 2. The summed E-state index contributed by atoms with van der Waals surface area (Å²) in [6, 6.07) is -1.03. The largest absolute Gasteiger partial charge is 0.548 e. The number of carbonyl (C=O) groups excluding carboxylic acids is 1. The molecule has 0 saturated carbocycles. The van der Waals surface area contributed by atoms with Gasteiger partial charge in [0.1, 0.15) is 36.1 Å². The predicted molar refractivity (Wildman–Crippen MR) is 94.1 cm³/mol. The standard InChI is InChI=1S/C14H21N7O5S/c1-27(3-2-6(15)14(24)25)4-7-9(22)10(23)13(26-7)21-12-8(19-20-21)11(16)17-5-18-12/h5-7,9-10,13,22-23H,2-4,15H2,1H3,(H2-,16,17,18,20,24,25)/t6-,7+,9+,10+,13+,27?/m0/s1. The zero-order valence-electron chi connectivity index (χ0n) is 14.5. The molecule has 0 bridgehead atoms. The highest BCUT2D eigenvalue weighted by Gasteiger charge is 2.47. The van der Waals surface area contributed by atoms with Gasteiger partial charge in [0.15, 0.2) is 23.2 Å². The second-order valence-electron chi connectivity index (χ2n) is 6.38. The minimum absolute atomic E-state index is 0.148. The molecule has 2 aromatic heterocycles. The molecule has 1 saturated heterocycles. The number of aliphatic hydroxyl groups excluding tert-OH is 2. The van der Waals surface area contributed by atoms with Crippen LogP contribution in [0, 0.1) is 0 Å². The summed E-state index contributed by atoms with van der Waals surface area (Å²) in [5.74, 6) is -0.175. The number of carboxylic acids is 1. The molecule has 0 amide bonds. The van der Waals surface area contributed by atoms with Crippen molar-refractivity contribution < 1.29 is 24.9 Å². The lowest BCUT2D eigenvalue weighted by Crippen LogP contribution is -2.43. The first-order valence-electron chi connectivity index (χ1n) is 8.18. The zero-order chi connectivity index (χ0) is 19.7. The topological polar surface area (TPSA) is 198 Å². The second kappa shape index (κ2) is 7.90. The van der Waals surface area contributed by atoms with E-state index >= 15 is 0 Å². The summed E-state index contributed by atoms with van der Waals surface area (Å²) in [7, 11) is -0.283. The van der Waals surface area contributed by atoms with E-state index in [4.69, 9.17) is 16.2 Å². The van der Waals surface area contributed by atoms with Crippen LogP contribution >= 0.6 is 0 Å². The fourth-order valence-corrected chi connectivity index (χ4v) is 4.49. The lowest BCUT2D eigenvalue weighted by atomic mass is 10.1. The van der Waals surface area contributed by atoms with E-state index in [9.17, 15) is 20.1 Å². The van der Waals surface area contributed by atoms with E-state index in [1.165, 1.54) is 11.0 Å². The first kappa shape index (κ1) is 19.7. The molecule has 148 valence electrons. The second-order valence-corrected chi connectivity index (χ2v) is 8.68. The number of nitrogens with two attached hydrogens (primary N) is 2. The minimum Gasteiger partial charge on any atom is -0.548 e. The molecule has 3 heterocycles. The van der Waals surface area contributed by atoms with Crippen LogP contribution in [0.25, 0.3) is 11.2 Å². The molecule has 1 aliphatic rings. The molecular formula is C14H21N7O5S. The molecule has 12 nitrogen and oxygen atoms in total. The molecule has 1 unspecified atom stereocenters. The number of nitrogens with zero attached hydrogens (tertiary/aromatic N) is 5. The molecule has 0 aliphatic carbocycles. The number of aromatic nitrogens is 5. The Balaban J connectivity index is 1.68. The Morgan fingerprint density at radius 2 is 2.19 bits per heavy atom. The maximum Gasteiger partial charge on any atom is 0.186 e. The first-order valence-corrected chi connectivity index (χ1v) is 10.1. The maximum atomic E-state index is 10.7. The number of hydrogen-bond acceptors (Lipinski definition) is 11. The van der Waals surface area contributed by atoms with Crippen LogP contribution in [0.1, 0.15) is 12.6 Å². The lowest BCUT2D eigenvalue weighted by Gasteiger charge is -2.15. The molecule has 0 aromatic carbocycles. The van der Waals surface area contributed by atoms with E-state index < -0.39 is 36.6 Å². The van der Waals surface area contributed by atoms with Crippen LogP contribution in [0.3, 0.4) is 0 Å². The molecular weight excluding hydrogens is 378 g/mol. The Bertz CT molecular complexity index is 820. The summed E-state index contributed by atoms with van der Waals surface area (Å²) in [6.45, 7) is 0. The highest BCUT2D eigenvalue weighted by Crippen LogP contribution is 2.31. The normalized spacial score (nSPS) is 27.7. The smallest absolute Gasteiger partial charge is 0.186 e. The van der Waals surface area contributed by atoms with Crippen LogP contribution in [0.5, 0.6) is 0 Å². The van der Waals surface area contributed by atoms with Crippen LogP contribution in [0.2, 0.25) is 0 Å². The molecule has 6 atom stereocenters. The molecule has 1 fully saturated rings. The molecule has 13 heteroatoms. The number of carboxylic acid groups (broad SMARTS) is 1. The molecule has 3 rings (SSSR count). The van der Waals surface area contributed by atoms with Crippen molar-refractivity contribution in [2.24, 2.45) is 5.73 Å². The van der Waals surface area contributed by atoms with Gasteiger partial charge in [0, 0.05) is 12.5 Å². The van der Waals surface area contributed by atoms with Gasteiger partial charge >= 0.3 is 0 Å². The SMILES string of the molecule is C[S+](CC[C@H](N)C(=O)[O-])C[C@H]1O[C@@H](n2nnc3c(N)ncnc32)[C@H](O)[C@@H]1O. The van der Waals surface area contributed by atoms with Crippen molar-refractivity contribution in [2.45, 2.75) is 37.0 Å². The number of ether oxygens (including phenoxy) is 1. The minimum atomic E-state index is -1.29. The van der Waals surface area contributed by atoms with Gasteiger partial charge in [-0.05, 0) is 10.9 Å². The van der Waals surface area contributed by atoms with E-state index in [2.05, 4.69) is 20.3 Å². The first-order chi connectivity index (χ1) is 12.8. The van der Waals surface area contributed by atoms with Crippen molar-refractivity contribution in [3.63, 3.8) is 0 Å². The van der Waals surface area contributed by atoms with Crippen LogP contribution in [0.4, 0.5) is 5.82 Å². The van der Waals surface area contributed by atoms with Gasteiger partial charge in [0.05, 0.1) is 12.2 Å². The Labute approximate surface area is 156 Å². The third-order valence-corrected chi connectivity index (χ3v) is 6.23. The summed E-state index contributed by atoms with van der Waals surface area (Å²) in [6.07, 6.45) is -0.590. The van der Waals surface area contributed by atoms with Crippen molar-refractivity contribution in [3.8, 4) is 0 Å². The average Bonchev–Trinajstić information content (AvgIpc) is 3.17. The summed E-state index contributed by atoms with van der Waals surface area (Å²) in [5, 5.41) is 39.2. The predicted octanol–water partition coefficient (Wildman–Crippen LogP) is -3.86. The van der Waals surface area contributed by atoms with Gasteiger partial charge in [0.25, 0.3) is 0 Å². The molecule has 6 N–H and O–H groups in total. The van der Waals surface area contributed by atoms with E-state index in [0.717, 1.165) is 0 Å². The van der Waals surface area contributed by atoms with Crippen LogP contribution < -0.4 is 16.6 Å². The lowest BCUT2D eigenvalue weighted by molar-refractivity contribution is -0.307. The van der Waals surface area contributed by atoms with Crippen LogP contribution in [-0.2, 0) is 20.4 Å². The molecule has 0 spiro atoms. The number of nitrogen functional groups attached to an aromatic ring is 1. The highest BCUT2D eigenvalue weighted by atomic mass is 32.2. The van der Waals surface area contributed by atoms with E-state index in [0.29, 0.717) is 11.5 Å². The van der Waals surface area contributed by atoms with Gasteiger partial charge in [0.2, 0.25) is 0 Å². The van der Waals surface area contributed by atoms with Gasteiger partial charge in [-0.2, -0.15) is 4.68 Å². The van der Waals surface area contributed by atoms with Crippen molar-refractivity contribution in [1.82, 2.24) is 25.0 Å². The summed E-state index contributed by atoms with van der Waals surface area (Å²) in [4.78, 5) is 18.6. The zero-order valence-corrected chi connectivity index (χ0v) is 15.3. The van der Waals surface area contributed by atoms with E-state index in [-0.39, 0.29) is 34.3 Å². The van der Waals surface area contributed by atoms with Crippen molar-refractivity contribution in [1.29, 1.82) is 0 Å². The van der Waals surface area contributed by atoms with Crippen LogP contribution in [-0.4, -0.2) is 83.3 Å². The molecule has 1 aliphatic heterocycles. The quantitative estimate of drug-likeness (QED) is 0.332. The average molecular weight is 399 g/mol. The Kier molecular flexibility index (Phi) is 5.76. The third-order valence-electron chi connectivity index (χ3n) is 4.40.